The normalized spacial score (nSPS) is 14.0. The molecule has 1 aliphatic rings. The van der Waals surface area contributed by atoms with E-state index in [4.69, 9.17) is 4.98 Å². The van der Waals surface area contributed by atoms with Gasteiger partial charge in [-0.05, 0) is 30.9 Å². The molecule has 1 fully saturated rings. The fraction of sp³-hybridized carbons (Fsp3) is 0.333. The third-order valence-corrected chi connectivity index (χ3v) is 6.03. The molecule has 1 saturated heterocycles. The summed E-state index contributed by atoms with van der Waals surface area (Å²) in [4.78, 5) is 31.9. The van der Waals surface area contributed by atoms with E-state index < -0.39 is 0 Å². The maximum atomic E-state index is 13.4. The van der Waals surface area contributed by atoms with Gasteiger partial charge in [-0.3, -0.25) is 14.2 Å². The number of fused-ring (bicyclic) bond motifs is 1. The summed E-state index contributed by atoms with van der Waals surface area (Å²) in [5.41, 5.74) is 2.28. The summed E-state index contributed by atoms with van der Waals surface area (Å²) in [5, 5.41) is 14.0. The number of aromatic nitrogens is 2. The van der Waals surface area contributed by atoms with Crippen LogP contribution in [-0.4, -0.2) is 28.5 Å². The Hall–Kier alpha value is -3.18. The Kier molecular flexibility index (Phi) is 5.32. The average molecular weight is 407 g/mol. The van der Waals surface area contributed by atoms with E-state index in [0.29, 0.717) is 27.4 Å². The van der Waals surface area contributed by atoms with E-state index in [0.717, 1.165) is 37.9 Å². The van der Waals surface area contributed by atoms with Crippen LogP contribution in [0, 0.1) is 11.3 Å². The first-order valence-electron chi connectivity index (χ1n) is 9.61. The van der Waals surface area contributed by atoms with E-state index >= 15 is 0 Å². The number of nitriles is 1. The topological polar surface area (TPSA) is 91.0 Å². The fourth-order valence-corrected chi connectivity index (χ4v) is 4.57. The van der Waals surface area contributed by atoms with Crippen LogP contribution >= 0.6 is 11.3 Å². The highest BCUT2D eigenvalue weighted by molar-refractivity contribution is 7.17. The van der Waals surface area contributed by atoms with Crippen LogP contribution in [0.25, 0.3) is 10.2 Å². The predicted molar refractivity (Wildman–Crippen MR) is 115 cm³/mol. The van der Waals surface area contributed by atoms with Crippen LogP contribution in [0.15, 0.2) is 34.4 Å². The van der Waals surface area contributed by atoms with Crippen LogP contribution in [0.2, 0.25) is 0 Å². The fourth-order valence-electron chi connectivity index (χ4n) is 3.68. The summed E-state index contributed by atoms with van der Waals surface area (Å²) >= 11 is 1.28. The number of thiophene rings is 1. The lowest BCUT2D eigenvalue weighted by molar-refractivity contribution is -0.114. The zero-order valence-electron chi connectivity index (χ0n) is 16.1. The molecule has 0 saturated carbocycles. The smallest absolute Gasteiger partial charge is 0.273 e. The summed E-state index contributed by atoms with van der Waals surface area (Å²) in [6.45, 7) is 3.38. The lowest BCUT2D eigenvalue weighted by Gasteiger charge is -2.29. The Morgan fingerprint density at radius 3 is 2.76 bits per heavy atom. The van der Waals surface area contributed by atoms with E-state index in [1.807, 2.05) is 18.2 Å². The molecule has 3 aromatic rings. The molecule has 1 aromatic carbocycles. The van der Waals surface area contributed by atoms with Gasteiger partial charge in [0.05, 0.1) is 23.9 Å². The van der Waals surface area contributed by atoms with Crippen molar-refractivity contribution in [1.29, 1.82) is 5.26 Å². The first kappa shape index (κ1) is 19.2. The molecule has 8 heteroatoms. The van der Waals surface area contributed by atoms with Gasteiger partial charge in [0.2, 0.25) is 11.9 Å². The molecule has 0 aliphatic carbocycles. The maximum absolute atomic E-state index is 13.4. The maximum Gasteiger partial charge on any atom is 0.273 e. The number of piperidine rings is 1. The van der Waals surface area contributed by atoms with Crippen molar-refractivity contribution in [3.8, 4) is 6.07 Å². The molecule has 0 unspecified atom stereocenters. The second-order valence-electron chi connectivity index (χ2n) is 7.13. The minimum atomic E-state index is -0.196. The third kappa shape index (κ3) is 3.74. The number of benzene rings is 1. The molecular weight excluding hydrogens is 386 g/mol. The third-order valence-electron chi connectivity index (χ3n) is 5.07. The zero-order valence-corrected chi connectivity index (χ0v) is 17.0. The van der Waals surface area contributed by atoms with Gasteiger partial charge in [0.15, 0.2) is 0 Å². The van der Waals surface area contributed by atoms with Gasteiger partial charge in [-0.15, -0.1) is 11.3 Å². The molecule has 0 radical (unpaired) electrons. The van der Waals surface area contributed by atoms with Gasteiger partial charge >= 0.3 is 0 Å². The summed E-state index contributed by atoms with van der Waals surface area (Å²) < 4.78 is 2.17. The monoisotopic (exact) mass is 407 g/mol. The van der Waals surface area contributed by atoms with Crippen LogP contribution in [-0.2, 0) is 11.3 Å². The molecule has 7 nitrogen and oxygen atoms in total. The number of carbonyl (C=O) groups excluding carboxylic acids is 1. The molecule has 3 heterocycles. The van der Waals surface area contributed by atoms with Crippen molar-refractivity contribution < 1.29 is 4.79 Å². The molecule has 2 aromatic heterocycles. The number of hydrogen-bond donors (Lipinski definition) is 1. The van der Waals surface area contributed by atoms with Crippen molar-refractivity contribution in [2.45, 2.75) is 32.7 Å². The average Bonchev–Trinajstić information content (AvgIpc) is 3.13. The molecule has 1 N–H and O–H groups in total. The largest absolute Gasteiger partial charge is 0.342 e. The minimum Gasteiger partial charge on any atom is -0.342 e. The Labute approximate surface area is 172 Å². The van der Waals surface area contributed by atoms with Gasteiger partial charge in [0.1, 0.15) is 10.2 Å². The molecule has 29 heavy (non-hydrogen) atoms. The molecule has 0 spiro atoms. The van der Waals surface area contributed by atoms with E-state index in [1.165, 1.54) is 18.3 Å². The van der Waals surface area contributed by atoms with Gasteiger partial charge < -0.3 is 10.2 Å². The summed E-state index contributed by atoms with van der Waals surface area (Å²) in [6, 6.07) is 9.51. The van der Waals surface area contributed by atoms with Crippen molar-refractivity contribution in [3.63, 3.8) is 0 Å². The summed E-state index contributed by atoms with van der Waals surface area (Å²) in [5.74, 6) is 0.401. The molecule has 4 rings (SSSR count). The van der Waals surface area contributed by atoms with Crippen molar-refractivity contribution in [1.82, 2.24) is 9.55 Å². The summed E-state index contributed by atoms with van der Waals surface area (Å²) in [6.07, 6.45) is 3.26. The van der Waals surface area contributed by atoms with Gasteiger partial charge in [0, 0.05) is 25.4 Å². The first-order valence-corrected chi connectivity index (χ1v) is 10.5. The van der Waals surface area contributed by atoms with Gasteiger partial charge in [-0.25, -0.2) is 4.98 Å². The van der Waals surface area contributed by atoms with E-state index in [-0.39, 0.29) is 18.0 Å². The van der Waals surface area contributed by atoms with E-state index in [2.05, 4.69) is 16.3 Å². The Bertz CT molecular complexity index is 1170. The zero-order chi connectivity index (χ0) is 20.4. The lowest BCUT2D eigenvalue weighted by Crippen LogP contribution is -2.36. The first-order chi connectivity index (χ1) is 14.1. The van der Waals surface area contributed by atoms with E-state index in [9.17, 15) is 14.9 Å². The quantitative estimate of drug-likeness (QED) is 0.716. The van der Waals surface area contributed by atoms with Gasteiger partial charge in [-0.2, -0.15) is 5.26 Å². The van der Waals surface area contributed by atoms with Crippen molar-refractivity contribution in [3.05, 3.63) is 51.1 Å². The van der Waals surface area contributed by atoms with Crippen LogP contribution in [0.1, 0.15) is 37.3 Å². The predicted octanol–water partition coefficient (Wildman–Crippen LogP) is 3.33. The molecule has 1 amide bonds. The second kappa shape index (κ2) is 8.05. The highest BCUT2D eigenvalue weighted by Crippen LogP contribution is 2.29. The Morgan fingerprint density at radius 2 is 2.03 bits per heavy atom. The van der Waals surface area contributed by atoms with Crippen LogP contribution in [0.5, 0.6) is 0 Å². The molecule has 148 valence electrons. The SMILES string of the molecule is CC(=O)Nc1csc2c(=O)n(Cc3ccccc3C#N)c(N3CCCCC3)nc12. The number of rotatable bonds is 4. The number of hydrogen-bond acceptors (Lipinski definition) is 6. The van der Waals surface area contributed by atoms with Crippen LogP contribution < -0.4 is 15.8 Å². The van der Waals surface area contributed by atoms with Gasteiger partial charge in [0.25, 0.3) is 5.56 Å². The van der Waals surface area contributed by atoms with E-state index in [1.54, 1.807) is 16.0 Å². The number of nitrogens with zero attached hydrogens (tertiary/aromatic N) is 4. The Balaban J connectivity index is 1.89. The number of anilines is 2. The van der Waals surface area contributed by atoms with Crippen LogP contribution in [0.3, 0.4) is 0 Å². The molecule has 0 atom stereocenters. The lowest BCUT2D eigenvalue weighted by atomic mass is 10.1. The molecular formula is C21H21N5O2S. The minimum absolute atomic E-state index is 0.148. The molecule has 0 bridgehead atoms. The number of amides is 1. The molecule has 1 aliphatic heterocycles. The number of carbonyl (C=O) groups is 1. The standard InChI is InChI=1S/C21H21N5O2S/c1-14(27)23-17-13-29-19-18(17)24-21(25-9-5-2-6-10-25)26(20(19)28)12-16-8-4-3-7-15(16)11-22/h3-4,7-8,13H,2,5-6,9-10,12H2,1H3,(H,23,27). The van der Waals surface area contributed by atoms with Crippen molar-refractivity contribution in [2.24, 2.45) is 0 Å². The van der Waals surface area contributed by atoms with Crippen LogP contribution in [0.4, 0.5) is 11.6 Å². The highest BCUT2D eigenvalue weighted by Gasteiger charge is 2.22. The number of nitrogens with one attached hydrogen (secondary N) is 1. The summed E-state index contributed by atoms with van der Waals surface area (Å²) in [7, 11) is 0. The van der Waals surface area contributed by atoms with Gasteiger partial charge in [-0.1, -0.05) is 18.2 Å². The second-order valence-corrected chi connectivity index (χ2v) is 8.01. The van der Waals surface area contributed by atoms with Crippen molar-refractivity contribution in [2.75, 3.05) is 23.3 Å². The highest BCUT2D eigenvalue weighted by atomic mass is 32.1. The van der Waals surface area contributed by atoms with Crippen molar-refractivity contribution >= 4 is 39.1 Å². The Morgan fingerprint density at radius 1 is 1.28 bits per heavy atom.